The number of amidine groups is 3. The first-order chi connectivity index (χ1) is 37.4. The van der Waals surface area contributed by atoms with Crippen molar-refractivity contribution in [2.75, 3.05) is 68.2 Å². The monoisotopic (exact) mass is 1400 g/mol. The Kier molecular flexibility index (Phi) is 24.5. The number of alkyl halides is 3. The van der Waals surface area contributed by atoms with Crippen LogP contribution in [0.3, 0.4) is 0 Å². The molecule has 3 aliphatic heterocycles. The second-order valence-electron chi connectivity index (χ2n) is 19.3. The van der Waals surface area contributed by atoms with Crippen LogP contribution in [0.15, 0.2) is 150 Å². The van der Waals surface area contributed by atoms with Crippen molar-refractivity contribution in [1.82, 2.24) is 14.7 Å². The molecule has 0 radical (unpaired) electrons. The number of halogens is 7. The van der Waals surface area contributed by atoms with Crippen molar-refractivity contribution in [2.45, 2.75) is 76.7 Å². The van der Waals surface area contributed by atoms with Crippen LogP contribution in [0.25, 0.3) is 0 Å². The summed E-state index contributed by atoms with van der Waals surface area (Å²) >= 11 is 10.5. The van der Waals surface area contributed by atoms with Crippen LogP contribution >= 0.6 is 47.8 Å². The Morgan fingerprint density at radius 2 is 1.06 bits per heavy atom. The normalized spacial score (nSPS) is 16.7. The third kappa shape index (κ3) is 17.0. The van der Waals surface area contributed by atoms with E-state index in [4.69, 9.17) is 19.2 Å². The van der Waals surface area contributed by atoms with Gasteiger partial charge in [-0.2, -0.15) is 13.2 Å². The van der Waals surface area contributed by atoms with Crippen LogP contribution in [0, 0.1) is 5.82 Å². The zero-order valence-electron chi connectivity index (χ0n) is 46.7. The summed E-state index contributed by atoms with van der Waals surface area (Å²) in [7, 11) is 9.09. The third-order valence-corrected chi connectivity index (χ3v) is 15.9. The molecule has 416 valence electrons. The van der Waals surface area contributed by atoms with Gasteiger partial charge in [0.2, 0.25) is 0 Å². The number of benzene rings is 6. The number of hydrogen-bond donors (Lipinski definition) is 0. The number of aryl methyl sites for hydroxylation is 5. The first-order valence-electron chi connectivity index (χ1n) is 25.9. The van der Waals surface area contributed by atoms with Crippen LogP contribution < -0.4 is 19.3 Å². The van der Waals surface area contributed by atoms with E-state index in [1.807, 2.05) is 60.5 Å². The number of methoxy groups -OCH3 is 3. The first-order valence-corrected chi connectivity index (χ1v) is 28.2. The molecule has 0 aromatic heterocycles. The molecular formula is C61H67BaBr3F4N6O4. The zero-order valence-corrected chi connectivity index (χ0v) is 54.9. The fraction of sp³-hybridized carbons (Fsp3) is 0.361. The van der Waals surface area contributed by atoms with E-state index < -0.39 is 18.5 Å². The molecule has 79 heavy (non-hydrogen) atoms. The summed E-state index contributed by atoms with van der Waals surface area (Å²) in [6.07, 6.45) is 0.0961. The van der Waals surface area contributed by atoms with Gasteiger partial charge in [0.1, 0.15) is 47.1 Å². The Morgan fingerprint density at radius 1 is 0.595 bits per heavy atom. The topological polar surface area (TPSA) is 97.5 Å². The van der Waals surface area contributed by atoms with Crippen LogP contribution in [-0.2, 0) is 38.5 Å². The summed E-state index contributed by atoms with van der Waals surface area (Å²) in [5.74, 6) is 4.31. The van der Waals surface area contributed by atoms with Crippen LogP contribution in [0.5, 0.6) is 17.2 Å². The molecule has 10 nitrogen and oxygen atoms in total. The summed E-state index contributed by atoms with van der Waals surface area (Å²) in [6.45, 7) is 4.22. The van der Waals surface area contributed by atoms with E-state index in [-0.39, 0.29) is 81.9 Å². The van der Waals surface area contributed by atoms with Gasteiger partial charge in [-0.05, 0) is 146 Å². The second-order valence-corrected chi connectivity index (χ2v) is 22.1. The maximum absolute atomic E-state index is 14.6. The molecule has 0 amide bonds. The van der Waals surface area contributed by atoms with Crippen molar-refractivity contribution >= 4 is 114 Å². The van der Waals surface area contributed by atoms with E-state index in [9.17, 15) is 22.7 Å². The van der Waals surface area contributed by atoms with Crippen LogP contribution in [0.4, 0.5) is 17.6 Å². The molecular weight excluding hydrogens is 1330 g/mol. The minimum atomic E-state index is -4.34. The molecule has 0 fully saturated rings. The van der Waals surface area contributed by atoms with E-state index in [0.29, 0.717) is 48.3 Å². The van der Waals surface area contributed by atoms with Crippen molar-refractivity contribution in [3.63, 3.8) is 0 Å². The quantitative estimate of drug-likeness (QED) is 0.0663. The molecule has 18 heteroatoms. The summed E-state index contributed by atoms with van der Waals surface area (Å²) < 4.78 is 72.6. The molecule has 9 rings (SSSR count). The fourth-order valence-corrected chi connectivity index (χ4v) is 11.1. The van der Waals surface area contributed by atoms with Gasteiger partial charge < -0.3 is 35.4 Å². The maximum atomic E-state index is 14.6. The third-order valence-electron chi connectivity index (χ3n) is 14.4. The van der Waals surface area contributed by atoms with E-state index in [2.05, 4.69) is 138 Å². The molecule has 0 aliphatic carbocycles. The largest absolute Gasteiger partial charge is 2.00 e. The van der Waals surface area contributed by atoms with Crippen molar-refractivity contribution in [1.29, 1.82) is 0 Å². The first kappa shape index (κ1) is 64.0. The Balaban J connectivity index is 0.000000218. The number of nitrogens with zero attached hydrogens (tertiary/aromatic N) is 6. The fourth-order valence-electron chi connectivity index (χ4n) is 9.88. The number of aliphatic imine (C=N–C) groups is 3. The summed E-state index contributed by atoms with van der Waals surface area (Å²) in [5, 5.41) is 11.3. The summed E-state index contributed by atoms with van der Waals surface area (Å²) in [5.41, 5.74) is 8.98. The standard InChI is InChI=1S/C21H25BrN2O.C20H19BrF4N2O.C20H22BrN2O2.Ba.H/c1-14-15(2)24(3)21(23-14)19-8-6-5-7-16(19)9-10-17-13-18(22)11-12-20(17)25-4;1-28-18-8-6-14(21)11-13(18)5-7-15-16(3-2-4-17(15)22)19-26-9-10-27(19)12-20(23,24)25;1-23-17(13-24)12-22-20(23)18-6-4-3-5-14(18)7-8-15-11-16(21)9-10-19(15)25-2;;/h5-8,11-15H,9-10H2,1-4H3;2-4,6,8,11H,5,7,9-10,12H2,1H3;3-6,9-11,17H,7-8,12-13H2,1-2H3;;/q;;-1;+2;-1. The number of hydrogen-bond acceptors (Lipinski definition) is 10. The van der Waals surface area contributed by atoms with Gasteiger partial charge in [0, 0.05) is 62.8 Å². The Hall–Kier alpha value is -4.18. The molecule has 3 aliphatic rings. The van der Waals surface area contributed by atoms with Gasteiger partial charge in [0.25, 0.3) is 0 Å². The van der Waals surface area contributed by atoms with Gasteiger partial charge in [0.05, 0.1) is 40.5 Å². The Bertz CT molecular complexity index is 3110. The SMILES string of the molecule is COc1ccc(Br)cc1CCc1c(F)cccc1C1=NCCN1CC(F)(F)F.COc1ccc(Br)cc1CCc1ccccc1C1=NC(C)C(C)N1C.COc1ccc(Br)cc1CCc1ccccc1C1=NCC(C[O-])N1C.[Ba+2].[H-]. The van der Waals surface area contributed by atoms with Crippen molar-refractivity contribution in [3.8, 4) is 17.2 Å². The maximum Gasteiger partial charge on any atom is 2.00 e. The van der Waals surface area contributed by atoms with E-state index in [1.165, 1.54) is 39.9 Å². The van der Waals surface area contributed by atoms with Crippen LogP contribution in [0.1, 0.15) is 65.3 Å². The molecule has 0 saturated heterocycles. The smallest absolute Gasteiger partial charge is 1.00 e. The Labute approximate surface area is 529 Å². The molecule has 6 aromatic rings. The predicted molar refractivity (Wildman–Crippen MR) is 321 cm³/mol. The summed E-state index contributed by atoms with van der Waals surface area (Å²) in [6, 6.07) is 39.9. The molecule has 0 spiro atoms. The predicted octanol–water partition coefficient (Wildman–Crippen LogP) is 12.1. The van der Waals surface area contributed by atoms with E-state index >= 15 is 0 Å². The number of likely N-dealkylation sites (N-methyl/N-ethyl adjacent to an activating group) is 2. The number of ether oxygens (including phenoxy) is 3. The molecule has 3 atom stereocenters. The molecule has 0 saturated carbocycles. The average molecular weight is 1400 g/mol. The zero-order chi connectivity index (χ0) is 56.1. The molecule has 3 unspecified atom stereocenters. The minimum Gasteiger partial charge on any atom is -1.00 e. The molecule has 0 bridgehead atoms. The molecule has 3 heterocycles. The average Bonchev–Trinajstić information content (AvgIpc) is 4.12. The van der Waals surface area contributed by atoms with Gasteiger partial charge >= 0.3 is 55.1 Å². The van der Waals surface area contributed by atoms with Gasteiger partial charge in [0.15, 0.2) is 0 Å². The Morgan fingerprint density at radius 3 is 1.52 bits per heavy atom. The van der Waals surface area contributed by atoms with Crippen LogP contribution in [0.2, 0.25) is 0 Å². The van der Waals surface area contributed by atoms with Crippen molar-refractivity contribution in [3.05, 3.63) is 191 Å². The minimum absolute atomic E-state index is 0. The van der Waals surface area contributed by atoms with Gasteiger partial charge in [-0.25, -0.2) is 4.39 Å². The van der Waals surface area contributed by atoms with Gasteiger partial charge in [-0.1, -0.05) is 108 Å². The number of rotatable bonds is 17. The summed E-state index contributed by atoms with van der Waals surface area (Å²) in [4.78, 5) is 19.2. The van der Waals surface area contributed by atoms with Crippen LogP contribution in [-0.4, -0.2) is 174 Å². The van der Waals surface area contributed by atoms with Gasteiger partial charge in [-0.3, -0.25) is 15.0 Å². The van der Waals surface area contributed by atoms with E-state index in [0.717, 1.165) is 78.3 Å². The van der Waals surface area contributed by atoms with Crippen molar-refractivity contribution < 1.29 is 38.3 Å². The van der Waals surface area contributed by atoms with E-state index in [1.54, 1.807) is 27.4 Å². The molecule has 0 N–H and O–H groups in total. The molecule has 6 aromatic carbocycles. The second kappa shape index (κ2) is 30.2. The van der Waals surface area contributed by atoms with Gasteiger partial charge in [-0.15, -0.1) is 6.61 Å². The van der Waals surface area contributed by atoms with Crippen molar-refractivity contribution in [2.24, 2.45) is 15.0 Å².